The van der Waals surface area contributed by atoms with Crippen molar-refractivity contribution in [2.75, 3.05) is 20.6 Å². The summed E-state index contributed by atoms with van der Waals surface area (Å²) in [6.45, 7) is 0.970. The maximum Gasteiger partial charge on any atom is 0.170 e. The lowest BCUT2D eigenvalue weighted by molar-refractivity contribution is 0.111. The fourth-order valence-electron chi connectivity index (χ4n) is 1.16. The molecule has 0 unspecified atom stereocenters. The van der Waals surface area contributed by atoms with E-state index < -0.39 is 0 Å². The van der Waals surface area contributed by atoms with E-state index in [1.54, 1.807) is 4.68 Å². The van der Waals surface area contributed by atoms with Crippen molar-refractivity contribution in [1.82, 2.24) is 14.7 Å². The first-order valence-electron chi connectivity index (χ1n) is 4.26. The first-order valence-corrected chi connectivity index (χ1v) is 4.26. The van der Waals surface area contributed by atoms with Gasteiger partial charge in [0, 0.05) is 25.7 Å². The molecule has 0 aliphatic rings. The van der Waals surface area contributed by atoms with Gasteiger partial charge in [0.1, 0.15) is 5.69 Å². The molecule has 4 nitrogen and oxygen atoms in total. The monoisotopic (exact) mass is 181 g/mol. The van der Waals surface area contributed by atoms with Crippen LogP contribution in [0.25, 0.3) is 0 Å². The summed E-state index contributed by atoms with van der Waals surface area (Å²) < 4.78 is 1.76. The van der Waals surface area contributed by atoms with Crippen molar-refractivity contribution < 1.29 is 4.79 Å². The summed E-state index contributed by atoms with van der Waals surface area (Å²) in [5.74, 6) is 0. The molecule has 0 spiro atoms. The van der Waals surface area contributed by atoms with Gasteiger partial charge in [0.25, 0.3) is 0 Å². The third kappa shape index (κ3) is 2.66. The lowest BCUT2D eigenvalue weighted by Crippen LogP contribution is -2.16. The van der Waals surface area contributed by atoms with Gasteiger partial charge in [-0.1, -0.05) is 0 Å². The highest BCUT2D eigenvalue weighted by Crippen LogP contribution is 2.02. The maximum absolute atomic E-state index is 10.4. The van der Waals surface area contributed by atoms with Gasteiger partial charge in [0.2, 0.25) is 0 Å². The Morgan fingerprint density at radius 1 is 1.62 bits per heavy atom. The summed E-state index contributed by atoms with van der Waals surface area (Å²) in [4.78, 5) is 12.5. The highest BCUT2D eigenvalue weighted by Gasteiger charge is 2.03. The molecule has 4 heteroatoms. The zero-order chi connectivity index (χ0) is 9.84. The molecular weight excluding hydrogens is 166 g/mol. The summed E-state index contributed by atoms with van der Waals surface area (Å²) in [6, 6.07) is 1.83. The van der Waals surface area contributed by atoms with Gasteiger partial charge in [-0.2, -0.15) is 5.10 Å². The SMILES string of the molecule is CN(C)CCc1cc(C=O)nn1C. The minimum Gasteiger partial charge on any atom is -0.309 e. The molecule has 0 amide bonds. The van der Waals surface area contributed by atoms with Crippen molar-refractivity contribution in [2.24, 2.45) is 7.05 Å². The Morgan fingerprint density at radius 3 is 2.77 bits per heavy atom. The van der Waals surface area contributed by atoms with Crippen LogP contribution in [0.5, 0.6) is 0 Å². The fraction of sp³-hybridized carbons (Fsp3) is 0.556. The molecule has 0 aromatic carbocycles. The second-order valence-corrected chi connectivity index (χ2v) is 3.36. The van der Waals surface area contributed by atoms with E-state index in [-0.39, 0.29) is 0 Å². The van der Waals surface area contributed by atoms with Gasteiger partial charge in [0.05, 0.1) is 0 Å². The number of nitrogens with zero attached hydrogens (tertiary/aromatic N) is 3. The Balaban J connectivity index is 2.65. The van der Waals surface area contributed by atoms with Gasteiger partial charge in [-0.25, -0.2) is 0 Å². The second-order valence-electron chi connectivity index (χ2n) is 3.36. The molecule has 0 aliphatic carbocycles. The number of aryl methyl sites for hydroxylation is 1. The van der Waals surface area contributed by atoms with Crippen LogP contribution in [-0.4, -0.2) is 41.6 Å². The van der Waals surface area contributed by atoms with Gasteiger partial charge in [-0.05, 0) is 20.2 Å². The van der Waals surface area contributed by atoms with Crippen LogP contribution in [0.15, 0.2) is 6.07 Å². The molecule has 0 saturated heterocycles. The first-order chi connectivity index (χ1) is 6.13. The van der Waals surface area contributed by atoms with Crippen LogP contribution >= 0.6 is 0 Å². The fourth-order valence-corrected chi connectivity index (χ4v) is 1.16. The number of rotatable bonds is 4. The summed E-state index contributed by atoms with van der Waals surface area (Å²) in [5, 5.41) is 4.04. The normalized spacial score (nSPS) is 10.8. The van der Waals surface area contributed by atoms with Crippen molar-refractivity contribution in [3.05, 3.63) is 17.5 Å². The number of hydrogen-bond acceptors (Lipinski definition) is 3. The van der Waals surface area contributed by atoms with Gasteiger partial charge in [0.15, 0.2) is 6.29 Å². The molecular formula is C9H15N3O. The highest BCUT2D eigenvalue weighted by molar-refractivity contribution is 5.71. The molecule has 0 atom stereocenters. The van der Waals surface area contributed by atoms with Crippen LogP contribution in [0, 0.1) is 0 Å². The molecule has 0 N–H and O–H groups in total. The van der Waals surface area contributed by atoms with E-state index >= 15 is 0 Å². The average molecular weight is 181 g/mol. The largest absolute Gasteiger partial charge is 0.309 e. The van der Waals surface area contributed by atoms with Crippen LogP contribution in [0.2, 0.25) is 0 Å². The van der Waals surface area contributed by atoms with Gasteiger partial charge in [-0.3, -0.25) is 9.48 Å². The number of aldehydes is 1. The third-order valence-electron chi connectivity index (χ3n) is 1.93. The van der Waals surface area contributed by atoms with Crippen molar-refractivity contribution in [1.29, 1.82) is 0 Å². The molecule has 0 bridgehead atoms. The summed E-state index contributed by atoms with van der Waals surface area (Å²) in [5.41, 5.74) is 1.60. The van der Waals surface area contributed by atoms with Crippen LogP contribution in [-0.2, 0) is 13.5 Å². The predicted octanol–water partition coefficient (Wildman–Crippen LogP) is 0.337. The molecule has 0 fully saturated rings. The number of aromatic nitrogens is 2. The van der Waals surface area contributed by atoms with Crippen LogP contribution < -0.4 is 0 Å². The number of hydrogen-bond donors (Lipinski definition) is 0. The number of carbonyl (C=O) groups excluding carboxylic acids is 1. The van der Waals surface area contributed by atoms with E-state index in [1.807, 2.05) is 27.2 Å². The van der Waals surface area contributed by atoms with Crippen molar-refractivity contribution in [2.45, 2.75) is 6.42 Å². The van der Waals surface area contributed by atoms with Gasteiger partial charge < -0.3 is 4.90 Å². The van der Waals surface area contributed by atoms with Crippen LogP contribution in [0.4, 0.5) is 0 Å². The van der Waals surface area contributed by atoms with Gasteiger partial charge >= 0.3 is 0 Å². The Morgan fingerprint density at radius 2 is 2.31 bits per heavy atom. The summed E-state index contributed by atoms with van der Waals surface area (Å²) in [7, 11) is 5.91. The van der Waals surface area contributed by atoms with Crippen LogP contribution in [0.3, 0.4) is 0 Å². The Bertz CT molecular complexity index is 291. The quantitative estimate of drug-likeness (QED) is 0.628. The predicted molar refractivity (Wildman–Crippen MR) is 50.9 cm³/mol. The van der Waals surface area contributed by atoms with Crippen molar-refractivity contribution in [3.8, 4) is 0 Å². The number of likely N-dealkylation sites (N-methyl/N-ethyl adjacent to an activating group) is 1. The Kier molecular flexibility index (Phi) is 3.19. The smallest absolute Gasteiger partial charge is 0.170 e. The minimum absolute atomic E-state index is 0.510. The molecule has 0 aliphatic heterocycles. The van der Waals surface area contributed by atoms with Crippen LogP contribution in [0.1, 0.15) is 16.2 Å². The zero-order valence-corrected chi connectivity index (χ0v) is 8.32. The topological polar surface area (TPSA) is 38.1 Å². The summed E-state index contributed by atoms with van der Waals surface area (Å²) >= 11 is 0. The molecule has 0 radical (unpaired) electrons. The molecule has 1 aromatic heterocycles. The molecule has 72 valence electrons. The summed E-state index contributed by atoms with van der Waals surface area (Å²) in [6.07, 6.45) is 1.70. The standard InChI is InChI=1S/C9H15N3O/c1-11(2)5-4-9-6-8(7-13)10-12(9)3/h6-7H,4-5H2,1-3H3. The van der Waals surface area contributed by atoms with E-state index in [1.165, 1.54) is 0 Å². The molecule has 1 heterocycles. The zero-order valence-electron chi connectivity index (χ0n) is 8.32. The Labute approximate surface area is 78.1 Å². The van der Waals surface area contributed by atoms with Gasteiger partial charge in [-0.15, -0.1) is 0 Å². The third-order valence-corrected chi connectivity index (χ3v) is 1.93. The molecule has 1 aromatic rings. The van der Waals surface area contributed by atoms with E-state index in [0.717, 1.165) is 24.9 Å². The van der Waals surface area contributed by atoms with Crippen molar-refractivity contribution in [3.63, 3.8) is 0 Å². The lowest BCUT2D eigenvalue weighted by Gasteiger charge is -2.08. The van der Waals surface area contributed by atoms with E-state index in [2.05, 4.69) is 10.00 Å². The second kappa shape index (κ2) is 4.18. The minimum atomic E-state index is 0.510. The Hall–Kier alpha value is -1.16. The lowest BCUT2D eigenvalue weighted by atomic mass is 10.3. The van der Waals surface area contributed by atoms with E-state index in [0.29, 0.717) is 5.69 Å². The van der Waals surface area contributed by atoms with E-state index in [4.69, 9.17) is 0 Å². The number of carbonyl (C=O) groups is 1. The molecule has 1 rings (SSSR count). The van der Waals surface area contributed by atoms with E-state index in [9.17, 15) is 4.79 Å². The maximum atomic E-state index is 10.4. The first kappa shape index (κ1) is 9.92. The highest BCUT2D eigenvalue weighted by atomic mass is 16.1. The molecule has 13 heavy (non-hydrogen) atoms. The average Bonchev–Trinajstić information content (AvgIpc) is 2.43. The molecule has 0 saturated carbocycles. The van der Waals surface area contributed by atoms with Crippen molar-refractivity contribution >= 4 is 6.29 Å².